The molecule has 0 aliphatic carbocycles. The van der Waals surface area contributed by atoms with Crippen molar-refractivity contribution in [3.63, 3.8) is 0 Å². The highest BCUT2D eigenvalue weighted by Crippen LogP contribution is 2.36. The molecule has 0 fully saturated rings. The minimum atomic E-state index is -1.04. The van der Waals surface area contributed by atoms with Crippen molar-refractivity contribution >= 4 is 34.9 Å². The number of benzene rings is 1. The van der Waals surface area contributed by atoms with Crippen LogP contribution in [0.3, 0.4) is 0 Å². The fourth-order valence-electron chi connectivity index (χ4n) is 1.30. The molecule has 0 aliphatic rings. The molecular weight excluding hydrogens is 297 g/mol. The highest BCUT2D eigenvalue weighted by atomic mass is 35.5. The Bertz CT molecular complexity index is 658. The fourth-order valence-corrected chi connectivity index (χ4v) is 2.18. The lowest BCUT2D eigenvalue weighted by molar-refractivity contribution is -0.387. The number of aldehydes is 1. The van der Waals surface area contributed by atoms with Gasteiger partial charge in [0.05, 0.1) is 14.8 Å². The van der Waals surface area contributed by atoms with Gasteiger partial charge in [-0.1, -0.05) is 22.9 Å². The van der Waals surface area contributed by atoms with Gasteiger partial charge in [-0.2, -0.15) is 4.39 Å². The van der Waals surface area contributed by atoms with Crippen LogP contribution in [-0.2, 0) is 0 Å². The number of carbonyl (C=O) groups is 1. The highest BCUT2D eigenvalue weighted by Gasteiger charge is 2.19. The van der Waals surface area contributed by atoms with Crippen LogP contribution < -0.4 is 4.74 Å². The van der Waals surface area contributed by atoms with Crippen molar-refractivity contribution in [2.45, 2.75) is 0 Å². The molecule has 0 amide bonds. The van der Waals surface area contributed by atoms with Gasteiger partial charge in [0, 0.05) is 12.1 Å². The van der Waals surface area contributed by atoms with Crippen molar-refractivity contribution in [2.75, 3.05) is 0 Å². The number of thiophene rings is 1. The van der Waals surface area contributed by atoms with Gasteiger partial charge in [-0.15, -0.1) is 0 Å². The molecule has 8 heteroatoms. The van der Waals surface area contributed by atoms with Gasteiger partial charge in [0.2, 0.25) is 5.82 Å². The highest BCUT2D eigenvalue weighted by molar-refractivity contribution is 7.15. The Morgan fingerprint density at radius 2 is 2.16 bits per heavy atom. The molecule has 0 N–H and O–H groups in total. The fraction of sp³-hybridized carbons (Fsp3) is 0. The average Bonchev–Trinajstić information content (AvgIpc) is 2.80. The smallest absolute Gasteiger partial charge is 0.306 e. The van der Waals surface area contributed by atoms with Gasteiger partial charge in [0.1, 0.15) is 0 Å². The zero-order chi connectivity index (χ0) is 14.0. The Labute approximate surface area is 115 Å². The van der Waals surface area contributed by atoms with Gasteiger partial charge in [-0.05, 0) is 12.1 Å². The van der Waals surface area contributed by atoms with Crippen molar-refractivity contribution in [1.82, 2.24) is 0 Å². The van der Waals surface area contributed by atoms with Crippen LogP contribution in [0.1, 0.15) is 9.67 Å². The van der Waals surface area contributed by atoms with E-state index in [0.717, 1.165) is 23.5 Å². The maximum absolute atomic E-state index is 13.4. The van der Waals surface area contributed by atoms with Crippen LogP contribution in [0.25, 0.3) is 0 Å². The molecule has 0 saturated carbocycles. The molecule has 1 heterocycles. The van der Waals surface area contributed by atoms with Crippen molar-refractivity contribution in [3.05, 3.63) is 50.1 Å². The molecule has 0 bridgehead atoms. The SMILES string of the molecule is O=Cc1ccc(Oc2cc(F)c([N+](=O)[O-])cc2Cl)s1. The maximum atomic E-state index is 13.4. The predicted octanol–water partition coefficient (Wildman–Crippen LogP) is 4.05. The normalized spacial score (nSPS) is 10.2. The minimum absolute atomic E-state index is 0.0518. The second-order valence-corrected chi connectivity index (χ2v) is 4.85. The lowest BCUT2D eigenvalue weighted by Gasteiger charge is -2.05. The van der Waals surface area contributed by atoms with Crippen molar-refractivity contribution in [1.29, 1.82) is 0 Å². The Morgan fingerprint density at radius 3 is 2.74 bits per heavy atom. The summed E-state index contributed by atoms with van der Waals surface area (Å²) < 4.78 is 18.7. The molecule has 0 saturated heterocycles. The van der Waals surface area contributed by atoms with E-state index in [4.69, 9.17) is 16.3 Å². The van der Waals surface area contributed by atoms with E-state index >= 15 is 0 Å². The second kappa shape index (κ2) is 5.33. The van der Waals surface area contributed by atoms with E-state index in [2.05, 4.69) is 0 Å². The van der Waals surface area contributed by atoms with Crippen LogP contribution >= 0.6 is 22.9 Å². The molecule has 1 aromatic heterocycles. The number of nitrogens with zero attached hydrogens (tertiary/aromatic N) is 1. The Hall–Kier alpha value is -1.99. The summed E-state index contributed by atoms with van der Waals surface area (Å²) in [7, 11) is 0. The quantitative estimate of drug-likeness (QED) is 0.485. The van der Waals surface area contributed by atoms with Crippen LogP contribution in [0.15, 0.2) is 24.3 Å². The lowest BCUT2D eigenvalue weighted by Crippen LogP contribution is -1.94. The van der Waals surface area contributed by atoms with Gasteiger partial charge in [-0.25, -0.2) is 0 Å². The van der Waals surface area contributed by atoms with E-state index in [1.54, 1.807) is 0 Å². The zero-order valence-corrected chi connectivity index (χ0v) is 10.7. The third-order valence-electron chi connectivity index (χ3n) is 2.13. The first-order chi connectivity index (χ1) is 9.01. The van der Waals surface area contributed by atoms with Crippen molar-refractivity contribution in [2.24, 2.45) is 0 Å². The Balaban J connectivity index is 2.33. The molecule has 19 heavy (non-hydrogen) atoms. The maximum Gasteiger partial charge on any atom is 0.306 e. The van der Waals surface area contributed by atoms with Gasteiger partial charge in [0.15, 0.2) is 17.1 Å². The number of carbonyl (C=O) groups excluding carboxylic acids is 1. The van der Waals surface area contributed by atoms with Crippen LogP contribution in [-0.4, -0.2) is 11.2 Å². The van der Waals surface area contributed by atoms with Crippen LogP contribution in [0.2, 0.25) is 5.02 Å². The van der Waals surface area contributed by atoms with Crippen molar-refractivity contribution in [3.8, 4) is 10.8 Å². The molecule has 0 radical (unpaired) electrons. The van der Waals surface area contributed by atoms with Crippen LogP contribution in [0.5, 0.6) is 10.8 Å². The van der Waals surface area contributed by atoms with Gasteiger partial charge in [0.25, 0.3) is 0 Å². The molecule has 0 spiro atoms. The summed E-state index contributed by atoms with van der Waals surface area (Å²) in [5.74, 6) is -1.10. The summed E-state index contributed by atoms with van der Waals surface area (Å²) in [5.41, 5.74) is -0.725. The molecule has 2 rings (SSSR count). The summed E-state index contributed by atoms with van der Waals surface area (Å²) in [6.07, 6.45) is 0.648. The number of hydrogen-bond acceptors (Lipinski definition) is 5. The molecular formula is C11H5ClFNO4S. The summed E-state index contributed by atoms with van der Waals surface area (Å²) in [5, 5.41) is 10.8. The third-order valence-corrected chi connectivity index (χ3v) is 3.31. The monoisotopic (exact) mass is 301 g/mol. The van der Waals surface area contributed by atoms with Gasteiger partial charge in [-0.3, -0.25) is 14.9 Å². The first-order valence-electron chi connectivity index (χ1n) is 4.87. The first-order valence-corrected chi connectivity index (χ1v) is 6.07. The Kier molecular flexibility index (Phi) is 3.77. The molecule has 5 nitrogen and oxygen atoms in total. The number of rotatable bonds is 4. The third kappa shape index (κ3) is 2.88. The largest absolute Gasteiger partial charge is 0.445 e. The minimum Gasteiger partial charge on any atom is -0.445 e. The number of hydrogen-bond donors (Lipinski definition) is 0. The van der Waals surface area contributed by atoms with E-state index < -0.39 is 16.4 Å². The summed E-state index contributed by atoms with van der Waals surface area (Å²) in [6, 6.07) is 4.76. The number of nitro benzene ring substituents is 1. The van der Waals surface area contributed by atoms with E-state index in [1.807, 2.05) is 0 Å². The first kappa shape index (κ1) is 13.4. The molecule has 0 unspecified atom stereocenters. The molecule has 98 valence electrons. The number of nitro groups is 1. The average molecular weight is 302 g/mol. The van der Waals surface area contributed by atoms with Gasteiger partial charge >= 0.3 is 5.69 Å². The second-order valence-electron chi connectivity index (χ2n) is 3.37. The molecule has 0 atom stereocenters. The molecule has 0 aliphatic heterocycles. The Morgan fingerprint density at radius 1 is 1.42 bits per heavy atom. The van der Waals surface area contributed by atoms with Crippen LogP contribution in [0, 0.1) is 15.9 Å². The summed E-state index contributed by atoms with van der Waals surface area (Å²) in [4.78, 5) is 20.6. The van der Waals surface area contributed by atoms with Crippen molar-refractivity contribution < 1.29 is 18.8 Å². The lowest BCUT2D eigenvalue weighted by atomic mass is 10.3. The van der Waals surface area contributed by atoms with E-state index in [1.165, 1.54) is 12.1 Å². The van der Waals surface area contributed by atoms with E-state index in [-0.39, 0.29) is 10.8 Å². The topological polar surface area (TPSA) is 69.4 Å². The summed E-state index contributed by atoms with van der Waals surface area (Å²) >= 11 is 6.82. The number of halogens is 2. The van der Waals surface area contributed by atoms with Crippen LogP contribution in [0.4, 0.5) is 10.1 Å². The molecule has 1 aromatic carbocycles. The predicted molar refractivity (Wildman–Crippen MR) is 67.8 cm³/mol. The zero-order valence-electron chi connectivity index (χ0n) is 9.13. The van der Waals surface area contributed by atoms with E-state index in [9.17, 15) is 19.3 Å². The molecule has 2 aromatic rings. The van der Waals surface area contributed by atoms with Gasteiger partial charge < -0.3 is 4.74 Å². The summed E-state index contributed by atoms with van der Waals surface area (Å²) in [6.45, 7) is 0. The van der Waals surface area contributed by atoms with E-state index in [0.29, 0.717) is 16.2 Å². The number of ether oxygens (including phenoxy) is 1. The standard InChI is InChI=1S/C11H5ClFNO4S/c12-7-3-9(14(16)17)8(13)4-10(7)18-11-2-1-6(5-15)19-11/h1-5H.